The molecule has 0 aliphatic heterocycles. The fourth-order valence-corrected chi connectivity index (χ4v) is 4.74. The number of nitrogens with one attached hydrogen (secondary N) is 1. The lowest BCUT2D eigenvalue weighted by Gasteiger charge is -2.21. The third-order valence-corrected chi connectivity index (χ3v) is 6.06. The van der Waals surface area contributed by atoms with Gasteiger partial charge in [0.1, 0.15) is 17.8 Å². The van der Waals surface area contributed by atoms with Crippen molar-refractivity contribution in [1.29, 1.82) is 0 Å². The minimum Gasteiger partial charge on any atom is -0.487 e. The lowest BCUT2D eigenvalue weighted by Crippen LogP contribution is -2.17. The highest BCUT2D eigenvalue weighted by molar-refractivity contribution is 7.62. The van der Waals surface area contributed by atoms with Gasteiger partial charge >= 0.3 is 7.60 Å². The first-order valence-electron chi connectivity index (χ1n) is 9.13. The van der Waals surface area contributed by atoms with Crippen LogP contribution in [0.5, 0.6) is 5.75 Å². The molecule has 3 aromatic rings. The molecule has 0 bridgehead atoms. The Morgan fingerprint density at radius 2 is 1.59 bits per heavy atom. The molecular weight excluding hydrogens is 361 g/mol. The maximum atomic E-state index is 13.4. The molecule has 0 fully saturated rings. The molecule has 0 saturated heterocycles. The number of aromatic nitrogens is 1. The van der Waals surface area contributed by atoms with E-state index in [1.807, 2.05) is 82.3 Å². The Morgan fingerprint density at radius 1 is 0.926 bits per heavy atom. The van der Waals surface area contributed by atoms with Crippen LogP contribution in [0.25, 0.3) is 10.9 Å². The number of ether oxygens (including phenoxy) is 1. The van der Waals surface area contributed by atoms with Crippen molar-refractivity contribution in [2.75, 3.05) is 0 Å². The highest BCUT2D eigenvalue weighted by Gasteiger charge is 2.32. The van der Waals surface area contributed by atoms with Crippen LogP contribution in [0.4, 0.5) is 0 Å². The summed E-state index contributed by atoms with van der Waals surface area (Å²) >= 11 is 0. The van der Waals surface area contributed by atoms with E-state index < -0.39 is 7.60 Å². The molecule has 0 aliphatic carbocycles. The number of benzene rings is 2. The molecule has 1 heterocycles. The Bertz CT molecular complexity index is 920. The van der Waals surface area contributed by atoms with Crippen LogP contribution in [0.15, 0.2) is 54.6 Å². The second-order valence-corrected chi connectivity index (χ2v) is 8.85. The van der Waals surface area contributed by atoms with E-state index in [0.29, 0.717) is 17.8 Å². The van der Waals surface area contributed by atoms with E-state index in [9.17, 15) is 4.57 Å². The van der Waals surface area contributed by atoms with Gasteiger partial charge in [-0.2, -0.15) is 0 Å². The van der Waals surface area contributed by atoms with Crippen molar-refractivity contribution in [2.24, 2.45) is 0 Å². The molecular formula is C21H26NO4P. The topological polar surface area (TPSA) is 60.6 Å². The summed E-state index contributed by atoms with van der Waals surface area (Å²) < 4.78 is 30.8. The standard InChI is InChI=1S/C21H26NO4P/c1-15(2)25-27(23,26-16(3)4)20-13-18-11-8-12-19(21(18)22-20)24-14-17-9-6-5-7-10-17/h5-13,15-16,22H,14H2,1-4H3. The number of para-hydroxylation sites is 1. The van der Waals surface area contributed by atoms with E-state index in [1.165, 1.54) is 0 Å². The van der Waals surface area contributed by atoms with Crippen molar-refractivity contribution in [3.63, 3.8) is 0 Å². The van der Waals surface area contributed by atoms with Gasteiger partial charge in [-0.15, -0.1) is 0 Å². The predicted octanol–water partition coefficient (Wildman–Crippen LogP) is 5.42. The molecule has 1 aromatic heterocycles. The van der Waals surface area contributed by atoms with E-state index in [1.54, 1.807) is 0 Å². The molecule has 2 aromatic carbocycles. The van der Waals surface area contributed by atoms with Gasteiger partial charge in [0, 0.05) is 5.39 Å². The highest BCUT2D eigenvalue weighted by Crippen LogP contribution is 2.49. The monoisotopic (exact) mass is 387 g/mol. The average Bonchev–Trinajstić information content (AvgIpc) is 3.05. The van der Waals surface area contributed by atoms with E-state index in [-0.39, 0.29) is 12.2 Å². The van der Waals surface area contributed by atoms with Crippen LogP contribution in [0, 0.1) is 0 Å². The summed E-state index contributed by atoms with van der Waals surface area (Å²) in [5.74, 6) is 0.697. The van der Waals surface area contributed by atoms with Crippen molar-refractivity contribution < 1.29 is 18.3 Å². The van der Waals surface area contributed by atoms with Gasteiger partial charge in [0.15, 0.2) is 0 Å². The number of H-pyrrole nitrogens is 1. The molecule has 5 nitrogen and oxygen atoms in total. The second kappa shape index (κ2) is 8.30. The third kappa shape index (κ3) is 4.81. The van der Waals surface area contributed by atoms with E-state index in [0.717, 1.165) is 16.5 Å². The minimum absolute atomic E-state index is 0.227. The van der Waals surface area contributed by atoms with Crippen molar-refractivity contribution in [1.82, 2.24) is 4.98 Å². The van der Waals surface area contributed by atoms with Gasteiger partial charge in [0.05, 0.1) is 17.7 Å². The van der Waals surface area contributed by atoms with Gasteiger partial charge in [-0.05, 0) is 45.4 Å². The molecule has 0 atom stereocenters. The Hall–Kier alpha value is -2.07. The fourth-order valence-electron chi connectivity index (χ4n) is 2.81. The number of rotatable bonds is 8. The maximum Gasteiger partial charge on any atom is 0.377 e. The number of hydrogen-bond donors (Lipinski definition) is 1. The van der Waals surface area contributed by atoms with Crippen LogP contribution in [0.1, 0.15) is 33.3 Å². The van der Waals surface area contributed by atoms with Gasteiger partial charge in [-0.1, -0.05) is 42.5 Å². The first-order chi connectivity index (χ1) is 12.9. The molecule has 144 valence electrons. The molecule has 0 amide bonds. The highest BCUT2D eigenvalue weighted by atomic mass is 31.2. The zero-order valence-corrected chi connectivity index (χ0v) is 17.0. The number of aromatic amines is 1. The smallest absolute Gasteiger partial charge is 0.377 e. The van der Waals surface area contributed by atoms with E-state index in [4.69, 9.17) is 13.8 Å². The molecule has 27 heavy (non-hydrogen) atoms. The first kappa shape index (κ1) is 19.7. The average molecular weight is 387 g/mol. The third-order valence-electron chi connectivity index (χ3n) is 3.84. The minimum atomic E-state index is -3.46. The van der Waals surface area contributed by atoms with Gasteiger partial charge < -0.3 is 18.8 Å². The summed E-state index contributed by atoms with van der Waals surface area (Å²) in [4.78, 5) is 3.21. The van der Waals surface area contributed by atoms with Crippen LogP contribution in [0.3, 0.4) is 0 Å². The largest absolute Gasteiger partial charge is 0.487 e. The second-order valence-electron chi connectivity index (χ2n) is 6.96. The summed E-state index contributed by atoms with van der Waals surface area (Å²) in [7, 11) is -3.46. The summed E-state index contributed by atoms with van der Waals surface area (Å²) in [5.41, 5.74) is 2.30. The van der Waals surface area contributed by atoms with E-state index in [2.05, 4.69) is 4.98 Å². The summed E-state index contributed by atoms with van der Waals surface area (Å²) in [6, 6.07) is 17.5. The molecule has 0 saturated carbocycles. The molecule has 6 heteroatoms. The molecule has 1 N–H and O–H groups in total. The molecule has 0 aliphatic rings. The molecule has 0 unspecified atom stereocenters. The zero-order valence-electron chi connectivity index (χ0n) is 16.1. The van der Waals surface area contributed by atoms with Crippen LogP contribution >= 0.6 is 7.60 Å². The summed E-state index contributed by atoms with van der Waals surface area (Å²) in [6.45, 7) is 7.82. The SMILES string of the molecule is CC(C)OP(=O)(OC(C)C)c1cc2cccc(OCc3ccccc3)c2[nH]1. The Labute approximate surface area is 160 Å². The van der Waals surface area contributed by atoms with Crippen LogP contribution in [-0.4, -0.2) is 17.2 Å². The van der Waals surface area contributed by atoms with Crippen LogP contribution in [-0.2, 0) is 20.2 Å². The molecule has 0 radical (unpaired) electrons. The lowest BCUT2D eigenvalue weighted by molar-refractivity contribution is 0.149. The van der Waals surface area contributed by atoms with Crippen molar-refractivity contribution in [3.8, 4) is 5.75 Å². The van der Waals surface area contributed by atoms with E-state index >= 15 is 0 Å². The Morgan fingerprint density at radius 3 is 2.22 bits per heavy atom. The normalized spacial score (nSPS) is 12.2. The lowest BCUT2D eigenvalue weighted by atomic mass is 10.2. The maximum absolute atomic E-state index is 13.4. The van der Waals surface area contributed by atoms with Gasteiger partial charge in [0.2, 0.25) is 0 Å². The molecule has 0 spiro atoms. The Kier molecular flexibility index (Phi) is 6.05. The van der Waals surface area contributed by atoms with Gasteiger partial charge in [0.25, 0.3) is 0 Å². The predicted molar refractivity (Wildman–Crippen MR) is 109 cm³/mol. The fraction of sp³-hybridized carbons (Fsp3) is 0.333. The summed E-state index contributed by atoms with van der Waals surface area (Å²) in [6.07, 6.45) is -0.454. The van der Waals surface area contributed by atoms with Crippen LogP contribution < -0.4 is 10.2 Å². The first-order valence-corrected chi connectivity index (χ1v) is 10.7. The van der Waals surface area contributed by atoms with Crippen molar-refractivity contribution in [2.45, 2.75) is 46.5 Å². The van der Waals surface area contributed by atoms with Crippen molar-refractivity contribution in [3.05, 3.63) is 60.2 Å². The Balaban J connectivity index is 1.93. The summed E-state index contributed by atoms with van der Waals surface area (Å²) in [5, 5.41) is 0.899. The van der Waals surface area contributed by atoms with Gasteiger partial charge in [-0.25, -0.2) is 0 Å². The number of fused-ring (bicyclic) bond motifs is 1. The van der Waals surface area contributed by atoms with Crippen LogP contribution in [0.2, 0.25) is 0 Å². The molecule has 3 rings (SSSR count). The quantitative estimate of drug-likeness (QED) is 0.525. The van der Waals surface area contributed by atoms with Crippen molar-refractivity contribution >= 4 is 23.9 Å². The zero-order chi connectivity index (χ0) is 19.4. The number of hydrogen-bond acceptors (Lipinski definition) is 4. The van der Waals surface area contributed by atoms with Gasteiger partial charge in [-0.3, -0.25) is 4.57 Å².